The Hall–Kier alpha value is -1.69. The number of carbonyl (C=O) groups is 1. The minimum absolute atomic E-state index is 0.00905. The highest BCUT2D eigenvalue weighted by molar-refractivity contribution is 5.81. The normalized spacial score (nSPS) is 28.0. The van der Waals surface area contributed by atoms with Gasteiger partial charge in [0.05, 0.1) is 11.7 Å². The number of amides is 1. The molecule has 0 bridgehead atoms. The van der Waals surface area contributed by atoms with Crippen LogP contribution < -0.4 is 10.2 Å². The third-order valence-corrected chi connectivity index (χ3v) is 5.59. The van der Waals surface area contributed by atoms with Crippen molar-refractivity contribution in [1.82, 2.24) is 15.3 Å². The van der Waals surface area contributed by atoms with Crippen molar-refractivity contribution in [3.8, 4) is 0 Å². The third-order valence-electron chi connectivity index (χ3n) is 5.59. The van der Waals surface area contributed by atoms with Crippen LogP contribution in [0.5, 0.6) is 0 Å². The molecule has 1 amide bonds. The zero-order valence-electron chi connectivity index (χ0n) is 15.3. The summed E-state index contributed by atoms with van der Waals surface area (Å²) in [6, 6.07) is -0.0249. The molecule has 6 heteroatoms. The zero-order chi connectivity index (χ0) is 17.4. The molecule has 1 aromatic rings. The van der Waals surface area contributed by atoms with E-state index in [1.54, 1.807) is 0 Å². The number of hydrogen-bond donors (Lipinski definition) is 1. The molecule has 3 heterocycles. The first-order chi connectivity index (χ1) is 12.0. The van der Waals surface area contributed by atoms with E-state index in [9.17, 15) is 4.79 Å². The number of ether oxygens (including phenoxy) is 1. The molecule has 0 radical (unpaired) electrons. The number of rotatable bonds is 3. The lowest BCUT2D eigenvalue weighted by atomic mass is 9.74. The van der Waals surface area contributed by atoms with Crippen LogP contribution in [-0.2, 0) is 16.0 Å². The fourth-order valence-electron chi connectivity index (χ4n) is 4.28. The molecule has 6 nitrogen and oxygen atoms in total. The van der Waals surface area contributed by atoms with E-state index in [-0.39, 0.29) is 23.5 Å². The first kappa shape index (κ1) is 16.8. The second-order valence-electron chi connectivity index (χ2n) is 8.37. The summed E-state index contributed by atoms with van der Waals surface area (Å²) in [4.78, 5) is 24.3. The number of carbonyl (C=O) groups excluding carboxylic acids is 1. The van der Waals surface area contributed by atoms with Crippen LogP contribution in [0.2, 0.25) is 0 Å². The van der Waals surface area contributed by atoms with Crippen molar-refractivity contribution in [2.24, 2.45) is 5.41 Å². The van der Waals surface area contributed by atoms with E-state index in [0.717, 1.165) is 56.0 Å². The predicted molar refractivity (Wildman–Crippen MR) is 95.4 cm³/mol. The van der Waals surface area contributed by atoms with Crippen molar-refractivity contribution in [3.63, 3.8) is 0 Å². The average Bonchev–Trinajstić information content (AvgIpc) is 3.27. The second-order valence-corrected chi connectivity index (χ2v) is 8.37. The van der Waals surface area contributed by atoms with Crippen LogP contribution >= 0.6 is 0 Å². The molecule has 136 valence electrons. The van der Waals surface area contributed by atoms with Gasteiger partial charge >= 0.3 is 0 Å². The zero-order valence-corrected chi connectivity index (χ0v) is 15.3. The van der Waals surface area contributed by atoms with Gasteiger partial charge in [-0.3, -0.25) is 4.79 Å². The predicted octanol–water partition coefficient (Wildman–Crippen LogP) is 2.39. The van der Waals surface area contributed by atoms with Crippen molar-refractivity contribution < 1.29 is 9.53 Å². The van der Waals surface area contributed by atoms with Crippen molar-refractivity contribution in [1.29, 1.82) is 0 Å². The highest BCUT2D eigenvalue weighted by Gasteiger charge is 2.36. The van der Waals surface area contributed by atoms with Gasteiger partial charge in [-0.15, -0.1) is 0 Å². The fourth-order valence-corrected chi connectivity index (χ4v) is 4.28. The Balaban J connectivity index is 1.57. The number of anilines is 1. The molecule has 2 atom stereocenters. The summed E-state index contributed by atoms with van der Waals surface area (Å²) in [5.74, 6) is 0.855. The van der Waals surface area contributed by atoms with Crippen LogP contribution in [0.15, 0.2) is 6.20 Å². The van der Waals surface area contributed by atoms with E-state index in [0.29, 0.717) is 6.61 Å². The number of aromatic nitrogens is 2. The number of fused-ring (bicyclic) bond motifs is 1. The molecule has 2 saturated heterocycles. The van der Waals surface area contributed by atoms with Crippen LogP contribution in [0.3, 0.4) is 0 Å². The Morgan fingerprint density at radius 1 is 1.32 bits per heavy atom. The van der Waals surface area contributed by atoms with E-state index in [4.69, 9.17) is 9.72 Å². The van der Waals surface area contributed by atoms with E-state index >= 15 is 0 Å². The molecule has 0 spiro atoms. The Kier molecular flexibility index (Phi) is 4.40. The van der Waals surface area contributed by atoms with Crippen molar-refractivity contribution in [2.45, 2.75) is 64.5 Å². The third kappa shape index (κ3) is 3.50. The summed E-state index contributed by atoms with van der Waals surface area (Å²) in [5.41, 5.74) is 2.28. The molecule has 25 heavy (non-hydrogen) atoms. The number of hydrogen-bond acceptors (Lipinski definition) is 5. The van der Waals surface area contributed by atoms with Gasteiger partial charge < -0.3 is 15.0 Å². The first-order valence-corrected chi connectivity index (χ1v) is 9.55. The number of nitrogens with one attached hydrogen (secondary N) is 1. The molecule has 2 aliphatic heterocycles. The quantitative estimate of drug-likeness (QED) is 0.912. The Bertz CT molecular complexity index is 649. The van der Waals surface area contributed by atoms with Gasteiger partial charge in [0.1, 0.15) is 6.10 Å². The fraction of sp³-hybridized carbons (Fsp3) is 0.737. The van der Waals surface area contributed by atoms with E-state index in [1.165, 1.54) is 12.8 Å². The molecule has 0 aromatic carbocycles. The summed E-state index contributed by atoms with van der Waals surface area (Å²) in [6.07, 6.45) is 7.69. The Labute approximate surface area is 149 Å². The van der Waals surface area contributed by atoms with Crippen molar-refractivity contribution in [2.75, 3.05) is 24.6 Å². The average molecular weight is 344 g/mol. The lowest BCUT2D eigenvalue weighted by molar-refractivity contribution is -0.131. The molecular weight excluding hydrogens is 316 g/mol. The van der Waals surface area contributed by atoms with Gasteiger partial charge in [0.25, 0.3) is 0 Å². The maximum absolute atomic E-state index is 12.5. The van der Waals surface area contributed by atoms with Crippen LogP contribution in [0.25, 0.3) is 0 Å². The maximum Gasteiger partial charge on any atom is 0.249 e. The largest absolute Gasteiger partial charge is 0.368 e. The highest BCUT2D eigenvalue weighted by atomic mass is 16.5. The van der Waals surface area contributed by atoms with Gasteiger partial charge in [0.2, 0.25) is 11.9 Å². The molecule has 0 saturated carbocycles. The molecule has 1 aromatic heterocycles. The summed E-state index contributed by atoms with van der Waals surface area (Å²) in [6.45, 7) is 7.27. The molecule has 2 unspecified atom stereocenters. The standard InChI is InChI=1S/C19H28N4O2/c1-19(2)10-14(21-17(24)16-6-5-9-25-16)13-12-20-18(22-15(13)11-19)23-7-3-4-8-23/h12,14,16H,3-11H2,1-2H3,(H,21,24). The second kappa shape index (κ2) is 6.56. The van der Waals surface area contributed by atoms with Crippen LogP contribution in [0.1, 0.15) is 63.3 Å². The van der Waals surface area contributed by atoms with Crippen molar-refractivity contribution in [3.05, 3.63) is 17.5 Å². The van der Waals surface area contributed by atoms with Gasteiger partial charge in [-0.25, -0.2) is 9.97 Å². The topological polar surface area (TPSA) is 67.4 Å². The molecule has 2 fully saturated rings. The first-order valence-electron chi connectivity index (χ1n) is 9.55. The Morgan fingerprint density at radius 2 is 2.12 bits per heavy atom. The minimum Gasteiger partial charge on any atom is -0.368 e. The summed E-state index contributed by atoms with van der Waals surface area (Å²) >= 11 is 0. The molecule has 3 aliphatic rings. The highest BCUT2D eigenvalue weighted by Crippen LogP contribution is 2.40. The van der Waals surface area contributed by atoms with Gasteiger partial charge in [0, 0.05) is 31.5 Å². The summed E-state index contributed by atoms with van der Waals surface area (Å²) < 4.78 is 5.53. The van der Waals surface area contributed by atoms with E-state index in [2.05, 4.69) is 29.0 Å². The van der Waals surface area contributed by atoms with Gasteiger partial charge in [-0.1, -0.05) is 13.8 Å². The van der Waals surface area contributed by atoms with Gasteiger partial charge in [-0.05, 0) is 43.9 Å². The van der Waals surface area contributed by atoms with Crippen LogP contribution in [0, 0.1) is 5.41 Å². The SMILES string of the molecule is CC1(C)Cc2nc(N3CCCC3)ncc2C(NC(=O)C2CCCO2)C1. The summed E-state index contributed by atoms with van der Waals surface area (Å²) in [7, 11) is 0. The van der Waals surface area contributed by atoms with E-state index in [1.807, 2.05) is 6.20 Å². The smallest absolute Gasteiger partial charge is 0.249 e. The molecule has 1 aliphatic carbocycles. The minimum atomic E-state index is -0.293. The molecular formula is C19H28N4O2. The summed E-state index contributed by atoms with van der Waals surface area (Å²) in [5, 5.41) is 3.20. The lowest BCUT2D eigenvalue weighted by Crippen LogP contribution is -2.41. The van der Waals surface area contributed by atoms with Crippen molar-refractivity contribution >= 4 is 11.9 Å². The lowest BCUT2D eigenvalue weighted by Gasteiger charge is -2.37. The molecule has 4 rings (SSSR count). The van der Waals surface area contributed by atoms with Crippen LogP contribution in [0.4, 0.5) is 5.95 Å². The molecule has 1 N–H and O–H groups in total. The monoisotopic (exact) mass is 344 g/mol. The maximum atomic E-state index is 12.5. The number of nitrogens with zero attached hydrogens (tertiary/aromatic N) is 3. The van der Waals surface area contributed by atoms with Gasteiger partial charge in [-0.2, -0.15) is 0 Å². The van der Waals surface area contributed by atoms with E-state index < -0.39 is 0 Å². The van der Waals surface area contributed by atoms with Gasteiger partial charge in [0.15, 0.2) is 0 Å². The van der Waals surface area contributed by atoms with Crippen LogP contribution in [-0.4, -0.2) is 41.7 Å². The Morgan fingerprint density at radius 3 is 2.84 bits per heavy atom.